The van der Waals surface area contributed by atoms with Crippen LogP contribution in [0, 0.1) is 0 Å². The third-order valence-electron chi connectivity index (χ3n) is 4.59. The SMILES string of the molecule is O=C(Nc1cccc(N2CCNC2=O)c1)c1ccc(CS(=O)(=O)c2ccccc2)o1. The van der Waals surface area contributed by atoms with Crippen molar-refractivity contribution >= 4 is 33.2 Å². The summed E-state index contributed by atoms with van der Waals surface area (Å²) in [5.74, 6) is -0.686. The van der Waals surface area contributed by atoms with Crippen molar-refractivity contribution in [1.29, 1.82) is 0 Å². The van der Waals surface area contributed by atoms with E-state index in [9.17, 15) is 18.0 Å². The number of carbonyl (C=O) groups is 2. The fraction of sp³-hybridized carbons (Fsp3) is 0.143. The van der Waals surface area contributed by atoms with Gasteiger partial charge < -0.3 is 15.1 Å². The van der Waals surface area contributed by atoms with Gasteiger partial charge in [0.2, 0.25) is 0 Å². The predicted molar refractivity (Wildman–Crippen MR) is 111 cm³/mol. The van der Waals surface area contributed by atoms with Crippen molar-refractivity contribution in [3.63, 3.8) is 0 Å². The van der Waals surface area contributed by atoms with Crippen LogP contribution in [0.5, 0.6) is 0 Å². The maximum Gasteiger partial charge on any atom is 0.321 e. The highest BCUT2D eigenvalue weighted by Gasteiger charge is 2.22. The van der Waals surface area contributed by atoms with Crippen molar-refractivity contribution in [2.45, 2.75) is 10.6 Å². The van der Waals surface area contributed by atoms with Gasteiger partial charge in [0, 0.05) is 24.5 Å². The Morgan fingerprint density at radius 1 is 1.07 bits per heavy atom. The maximum atomic E-state index is 12.5. The van der Waals surface area contributed by atoms with Gasteiger partial charge in [0.1, 0.15) is 11.5 Å². The molecule has 0 unspecified atom stereocenters. The number of hydrogen-bond donors (Lipinski definition) is 2. The van der Waals surface area contributed by atoms with Crippen LogP contribution in [-0.4, -0.2) is 33.4 Å². The number of benzene rings is 2. The summed E-state index contributed by atoms with van der Waals surface area (Å²) in [6.45, 7) is 1.12. The lowest BCUT2D eigenvalue weighted by atomic mass is 10.2. The third-order valence-corrected chi connectivity index (χ3v) is 6.25. The molecule has 3 amide bonds. The molecule has 1 aromatic heterocycles. The molecule has 1 aliphatic heterocycles. The van der Waals surface area contributed by atoms with E-state index in [-0.39, 0.29) is 28.2 Å². The molecule has 0 spiro atoms. The standard InChI is InChI=1S/C21H19N3O5S/c25-20(23-15-5-4-6-16(13-15)24-12-11-22-21(24)26)19-10-9-17(29-19)14-30(27,28)18-7-2-1-3-8-18/h1-10,13H,11-12,14H2,(H,22,26)(H,23,25). The highest BCUT2D eigenvalue weighted by Crippen LogP contribution is 2.22. The highest BCUT2D eigenvalue weighted by atomic mass is 32.2. The quantitative estimate of drug-likeness (QED) is 0.631. The van der Waals surface area contributed by atoms with Gasteiger partial charge in [0.05, 0.1) is 4.90 Å². The second-order valence-corrected chi connectivity index (χ2v) is 8.72. The number of urea groups is 1. The molecule has 154 valence electrons. The Morgan fingerprint density at radius 2 is 1.87 bits per heavy atom. The number of carbonyl (C=O) groups excluding carboxylic acids is 2. The topological polar surface area (TPSA) is 109 Å². The van der Waals surface area contributed by atoms with E-state index in [2.05, 4.69) is 10.6 Å². The summed E-state index contributed by atoms with van der Waals surface area (Å²) in [7, 11) is -3.57. The summed E-state index contributed by atoms with van der Waals surface area (Å²) in [4.78, 5) is 26.1. The Morgan fingerprint density at radius 3 is 2.60 bits per heavy atom. The van der Waals surface area contributed by atoms with Gasteiger partial charge in [-0.1, -0.05) is 24.3 Å². The molecule has 3 aromatic rings. The molecule has 2 heterocycles. The first-order chi connectivity index (χ1) is 14.4. The molecule has 0 saturated carbocycles. The van der Waals surface area contributed by atoms with Crippen LogP contribution < -0.4 is 15.5 Å². The van der Waals surface area contributed by atoms with E-state index in [0.717, 1.165) is 0 Å². The van der Waals surface area contributed by atoms with E-state index in [1.165, 1.54) is 24.3 Å². The van der Waals surface area contributed by atoms with E-state index >= 15 is 0 Å². The first-order valence-corrected chi connectivity index (χ1v) is 10.9. The molecule has 0 aliphatic carbocycles. The molecule has 1 saturated heterocycles. The molecule has 9 heteroatoms. The number of nitrogens with one attached hydrogen (secondary N) is 2. The van der Waals surface area contributed by atoms with Crippen molar-refractivity contribution in [3.05, 3.63) is 78.3 Å². The van der Waals surface area contributed by atoms with Crippen LogP contribution in [-0.2, 0) is 15.6 Å². The molecule has 0 radical (unpaired) electrons. The van der Waals surface area contributed by atoms with Crippen molar-refractivity contribution in [1.82, 2.24) is 5.32 Å². The van der Waals surface area contributed by atoms with Crippen molar-refractivity contribution in [3.8, 4) is 0 Å². The van der Waals surface area contributed by atoms with Crippen molar-refractivity contribution in [2.24, 2.45) is 0 Å². The van der Waals surface area contributed by atoms with Gasteiger partial charge in [-0.3, -0.25) is 9.69 Å². The maximum absolute atomic E-state index is 12.5. The predicted octanol–water partition coefficient (Wildman–Crippen LogP) is 3.04. The first-order valence-electron chi connectivity index (χ1n) is 9.26. The zero-order valence-corrected chi connectivity index (χ0v) is 16.7. The van der Waals surface area contributed by atoms with Crippen LogP contribution in [0.3, 0.4) is 0 Å². The van der Waals surface area contributed by atoms with Crippen LogP contribution >= 0.6 is 0 Å². The van der Waals surface area contributed by atoms with Gasteiger partial charge in [0.15, 0.2) is 15.6 Å². The smallest absolute Gasteiger partial charge is 0.321 e. The zero-order valence-electron chi connectivity index (χ0n) is 15.9. The summed E-state index contributed by atoms with van der Waals surface area (Å²) < 4.78 is 30.4. The lowest BCUT2D eigenvalue weighted by Crippen LogP contribution is -2.27. The van der Waals surface area contributed by atoms with Crippen LogP contribution in [0.4, 0.5) is 16.2 Å². The normalized spacial score (nSPS) is 13.9. The summed E-state index contributed by atoms with van der Waals surface area (Å²) >= 11 is 0. The Hall–Kier alpha value is -3.59. The lowest BCUT2D eigenvalue weighted by molar-refractivity contribution is 0.0995. The molecule has 30 heavy (non-hydrogen) atoms. The number of rotatable bonds is 6. The Labute approximate surface area is 173 Å². The van der Waals surface area contributed by atoms with Gasteiger partial charge >= 0.3 is 6.03 Å². The summed E-state index contributed by atoms with van der Waals surface area (Å²) in [5, 5.41) is 5.43. The number of amides is 3. The first kappa shape index (κ1) is 19.7. The minimum absolute atomic E-state index is 0.00224. The number of anilines is 2. The Balaban J connectivity index is 1.45. The fourth-order valence-corrected chi connectivity index (χ4v) is 4.41. The highest BCUT2D eigenvalue weighted by molar-refractivity contribution is 7.90. The molecule has 1 fully saturated rings. The zero-order chi connectivity index (χ0) is 21.1. The Kier molecular flexibility index (Phi) is 5.28. The number of hydrogen-bond acceptors (Lipinski definition) is 5. The molecule has 8 nitrogen and oxygen atoms in total. The number of sulfone groups is 1. The summed E-state index contributed by atoms with van der Waals surface area (Å²) in [6.07, 6.45) is 0. The monoisotopic (exact) mass is 425 g/mol. The van der Waals surface area contributed by atoms with E-state index in [1.54, 1.807) is 47.4 Å². The molecule has 2 aromatic carbocycles. The third kappa shape index (κ3) is 4.20. The van der Waals surface area contributed by atoms with E-state index in [1.807, 2.05) is 0 Å². The average Bonchev–Trinajstić information content (AvgIpc) is 3.37. The summed E-state index contributed by atoms with van der Waals surface area (Å²) in [6, 6.07) is 17.7. The molecule has 4 rings (SSSR count). The van der Waals surface area contributed by atoms with Gasteiger partial charge in [0.25, 0.3) is 5.91 Å². The van der Waals surface area contributed by atoms with Crippen molar-refractivity contribution < 1.29 is 22.4 Å². The van der Waals surface area contributed by atoms with Crippen LogP contribution in [0.1, 0.15) is 16.3 Å². The van der Waals surface area contributed by atoms with E-state index in [4.69, 9.17) is 4.42 Å². The number of nitrogens with zero attached hydrogens (tertiary/aromatic N) is 1. The van der Waals surface area contributed by atoms with Crippen LogP contribution in [0.2, 0.25) is 0 Å². The molecule has 0 atom stereocenters. The minimum Gasteiger partial charge on any atom is -0.455 e. The largest absolute Gasteiger partial charge is 0.455 e. The van der Waals surface area contributed by atoms with Crippen molar-refractivity contribution in [2.75, 3.05) is 23.3 Å². The minimum atomic E-state index is -3.57. The molecular weight excluding hydrogens is 406 g/mol. The second kappa shape index (κ2) is 8.03. The average molecular weight is 425 g/mol. The Bertz CT molecular complexity index is 1190. The molecule has 2 N–H and O–H groups in total. The van der Waals surface area contributed by atoms with Crippen LogP contribution in [0.15, 0.2) is 76.0 Å². The van der Waals surface area contributed by atoms with Gasteiger partial charge in [-0.2, -0.15) is 0 Å². The van der Waals surface area contributed by atoms with Gasteiger partial charge in [-0.25, -0.2) is 13.2 Å². The van der Waals surface area contributed by atoms with E-state index < -0.39 is 15.7 Å². The van der Waals surface area contributed by atoms with Crippen LogP contribution in [0.25, 0.3) is 0 Å². The molecular formula is C21H19N3O5S. The van der Waals surface area contributed by atoms with Gasteiger partial charge in [-0.05, 0) is 42.5 Å². The summed E-state index contributed by atoms with van der Waals surface area (Å²) in [5.41, 5.74) is 1.16. The fourth-order valence-electron chi connectivity index (χ4n) is 3.14. The second-order valence-electron chi connectivity index (χ2n) is 6.73. The molecule has 0 bridgehead atoms. The lowest BCUT2D eigenvalue weighted by Gasteiger charge is -2.15. The van der Waals surface area contributed by atoms with Gasteiger partial charge in [-0.15, -0.1) is 0 Å². The van der Waals surface area contributed by atoms with E-state index in [0.29, 0.717) is 24.5 Å². The number of furan rings is 1. The molecule has 1 aliphatic rings.